The Hall–Kier alpha value is -1.51. The Bertz CT molecular complexity index is 347. The first-order chi connectivity index (χ1) is 7.61. The fourth-order valence-corrected chi connectivity index (χ4v) is 1.64. The van der Waals surface area contributed by atoms with Crippen molar-refractivity contribution in [3.05, 3.63) is 29.8 Å². The third-order valence-electron chi connectivity index (χ3n) is 2.58. The van der Waals surface area contributed by atoms with E-state index < -0.39 is 5.97 Å². The molecule has 0 radical (unpaired) electrons. The van der Waals surface area contributed by atoms with Crippen LogP contribution in [0.1, 0.15) is 25.3 Å². The molecule has 1 unspecified atom stereocenters. The molecule has 0 aliphatic carbocycles. The van der Waals surface area contributed by atoms with E-state index in [4.69, 9.17) is 9.84 Å². The molecule has 1 rings (SSSR count). The Balaban J connectivity index is 2.44. The Labute approximate surface area is 96.1 Å². The summed E-state index contributed by atoms with van der Waals surface area (Å²) in [4.78, 5) is 10.5. The molecule has 0 amide bonds. The van der Waals surface area contributed by atoms with Crippen molar-refractivity contribution in [1.29, 1.82) is 0 Å². The molecule has 88 valence electrons. The van der Waals surface area contributed by atoms with E-state index in [-0.39, 0.29) is 12.3 Å². The second-order valence-corrected chi connectivity index (χ2v) is 4.09. The van der Waals surface area contributed by atoms with E-state index in [2.05, 4.69) is 0 Å². The summed E-state index contributed by atoms with van der Waals surface area (Å²) in [5, 5.41) is 8.64. The zero-order valence-corrected chi connectivity index (χ0v) is 9.77. The van der Waals surface area contributed by atoms with Crippen molar-refractivity contribution in [2.24, 2.45) is 5.92 Å². The van der Waals surface area contributed by atoms with Gasteiger partial charge in [-0.2, -0.15) is 0 Å². The average molecular weight is 222 g/mol. The second kappa shape index (κ2) is 6.16. The van der Waals surface area contributed by atoms with Gasteiger partial charge in [-0.15, -0.1) is 0 Å². The minimum absolute atomic E-state index is 0.212. The molecule has 0 heterocycles. The highest BCUT2D eigenvalue weighted by Gasteiger charge is 2.07. The molecule has 1 N–H and O–H groups in total. The number of carboxylic acids is 1. The van der Waals surface area contributed by atoms with Crippen LogP contribution in [0, 0.1) is 5.92 Å². The molecule has 3 nitrogen and oxygen atoms in total. The molecule has 0 aromatic heterocycles. The van der Waals surface area contributed by atoms with Gasteiger partial charge in [-0.3, -0.25) is 4.79 Å². The minimum Gasteiger partial charge on any atom is -0.497 e. The lowest BCUT2D eigenvalue weighted by molar-refractivity contribution is -0.138. The van der Waals surface area contributed by atoms with E-state index in [1.54, 1.807) is 7.11 Å². The maximum atomic E-state index is 10.5. The fraction of sp³-hybridized carbons (Fsp3) is 0.462. The molecule has 0 aliphatic heterocycles. The fourth-order valence-electron chi connectivity index (χ4n) is 1.64. The van der Waals surface area contributed by atoms with Crippen LogP contribution in [-0.4, -0.2) is 18.2 Å². The molecule has 0 spiro atoms. The zero-order chi connectivity index (χ0) is 12.0. The number of hydrogen-bond acceptors (Lipinski definition) is 2. The van der Waals surface area contributed by atoms with Gasteiger partial charge in [0.25, 0.3) is 0 Å². The highest BCUT2D eigenvalue weighted by Crippen LogP contribution is 2.17. The molecule has 3 heteroatoms. The van der Waals surface area contributed by atoms with Gasteiger partial charge in [0.05, 0.1) is 7.11 Å². The molecule has 1 atom stereocenters. The van der Waals surface area contributed by atoms with E-state index in [1.807, 2.05) is 31.2 Å². The van der Waals surface area contributed by atoms with E-state index in [0.717, 1.165) is 18.6 Å². The normalized spacial score (nSPS) is 12.1. The first-order valence-corrected chi connectivity index (χ1v) is 5.46. The number of ether oxygens (including phenoxy) is 1. The molecule has 0 saturated carbocycles. The zero-order valence-electron chi connectivity index (χ0n) is 9.77. The van der Waals surface area contributed by atoms with Gasteiger partial charge in [-0.25, -0.2) is 0 Å². The highest BCUT2D eigenvalue weighted by molar-refractivity contribution is 5.66. The number of carbonyl (C=O) groups is 1. The molecule has 1 aromatic carbocycles. The Morgan fingerprint density at radius 2 is 2.25 bits per heavy atom. The molecule has 1 aromatic rings. The topological polar surface area (TPSA) is 46.5 Å². The summed E-state index contributed by atoms with van der Waals surface area (Å²) in [5.41, 5.74) is 1.19. The number of aliphatic carboxylic acids is 1. The molecule has 0 aliphatic rings. The lowest BCUT2D eigenvalue weighted by Crippen LogP contribution is -2.05. The SMILES string of the molecule is COc1cccc(CCC(C)CC(=O)O)c1. The summed E-state index contributed by atoms with van der Waals surface area (Å²) in [6.45, 7) is 1.97. The van der Waals surface area contributed by atoms with Gasteiger partial charge in [0.2, 0.25) is 0 Å². The van der Waals surface area contributed by atoms with Crippen molar-refractivity contribution in [3.8, 4) is 5.75 Å². The lowest BCUT2D eigenvalue weighted by atomic mass is 9.98. The number of hydrogen-bond donors (Lipinski definition) is 1. The highest BCUT2D eigenvalue weighted by atomic mass is 16.5. The number of aryl methyl sites for hydroxylation is 1. The van der Waals surface area contributed by atoms with Gasteiger partial charge < -0.3 is 9.84 Å². The van der Waals surface area contributed by atoms with Crippen LogP contribution in [0.2, 0.25) is 0 Å². The van der Waals surface area contributed by atoms with Crippen molar-refractivity contribution < 1.29 is 14.6 Å². The van der Waals surface area contributed by atoms with Crippen molar-refractivity contribution in [1.82, 2.24) is 0 Å². The summed E-state index contributed by atoms with van der Waals surface area (Å²) in [6, 6.07) is 7.89. The summed E-state index contributed by atoms with van der Waals surface area (Å²) in [7, 11) is 1.65. The van der Waals surface area contributed by atoms with Gasteiger partial charge in [0.15, 0.2) is 0 Å². The third kappa shape index (κ3) is 4.34. The molecule has 0 bridgehead atoms. The smallest absolute Gasteiger partial charge is 0.303 e. The molecule has 16 heavy (non-hydrogen) atoms. The number of methoxy groups -OCH3 is 1. The van der Waals surface area contributed by atoms with Crippen molar-refractivity contribution in [2.75, 3.05) is 7.11 Å². The van der Waals surface area contributed by atoms with Gasteiger partial charge in [0, 0.05) is 6.42 Å². The predicted octanol–water partition coefficient (Wildman–Crippen LogP) is 2.74. The largest absolute Gasteiger partial charge is 0.497 e. The Morgan fingerprint density at radius 1 is 1.50 bits per heavy atom. The maximum Gasteiger partial charge on any atom is 0.303 e. The number of benzene rings is 1. The van der Waals surface area contributed by atoms with Gasteiger partial charge in [0.1, 0.15) is 5.75 Å². The second-order valence-electron chi connectivity index (χ2n) is 4.09. The van der Waals surface area contributed by atoms with Gasteiger partial charge in [-0.05, 0) is 36.5 Å². The minimum atomic E-state index is -0.724. The quantitative estimate of drug-likeness (QED) is 0.805. The maximum absolute atomic E-state index is 10.5. The van der Waals surface area contributed by atoms with Crippen LogP contribution < -0.4 is 4.74 Å². The molecule has 0 saturated heterocycles. The Morgan fingerprint density at radius 3 is 2.88 bits per heavy atom. The lowest BCUT2D eigenvalue weighted by Gasteiger charge is -2.09. The molecular weight excluding hydrogens is 204 g/mol. The number of carboxylic acid groups (broad SMARTS) is 1. The summed E-state index contributed by atoms with van der Waals surface area (Å²) in [5.74, 6) is 0.338. The van der Waals surface area contributed by atoms with Crippen LogP contribution in [0.5, 0.6) is 5.75 Å². The first-order valence-electron chi connectivity index (χ1n) is 5.46. The van der Waals surface area contributed by atoms with Crippen molar-refractivity contribution in [2.45, 2.75) is 26.2 Å². The van der Waals surface area contributed by atoms with Crippen LogP contribution in [-0.2, 0) is 11.2 Å². The molecule has 0 fully saturated rings. The summed E-state index contributed by atoms with van der Waals surface area (Å²) < 4.78 is 5.13. The number of rotatable bonds is 6. The van der Waals surface area contributed by atoms with Gasteiger partial charge in [-0.1, -0.05) is 19.1 Å². The van der Waals surface area contributed by atoms with Crippen LogP contribution in [0.25, 0.3) is 0 Å². The van der Waals surface area contributed by atoms with Crippen molar-refractivity contribution in [3.63, 3.8) is 0 Å². The van der Waals surface area contributed by atoms with Gasteiger partial charge >= 0.3 is 5.97 Å². The average Bonchev–Trinajstić information content (AvgIpc) is 2.26. The Kier molecular flexibility index (Phi) is 4.83. The molecular formula is C13H18O3. The van der Waals surface area contributed by atoms with E-state index in [0.29, 0.717) is 0 Å². The van der Waals surface area contributed by atoms with Crippen LogP contribution in [0.3, 0.4) is 0 Å². The van der Waals surface area contributed by atoms with E-state index >= 15 is 0 Å². The van der Waals surface area contributed by atoms with E-state index in [9.17, 15) is 4.79 Å². The first kappa shape index (κ1) is 12.6. The third-order valence-corrected chi connectivity index (χ3v) is 2.58. The van der Waals surface area contributed by atoms with Crippen LogP contribution >= 0.6 is 0 Å². The standard InChI is InChI=1S/C13H18O3/c1-10(8-13(14)15)6-7-11-4-3-5-12(9-11)16-2/h3-5,9-10H,6-8H2,1-2H3,(H,14,15). The summed E-state index contributed by atoms with van der Waals surface area (Å²) in [6.07, 6.45) is 2.02. The monoisotopic (exact) mass is 222 g/mol. The van der Waals surface area contributed by atoms with Crippen LogP contribution in [0.4, 0.5) is 0 Å². The van der Waals surface area contributed by atoms with Crippen molar-refractivity contribution >= 4 is 5.97 Å². The predicted molar refractivity (Wildman–Crippen MR) is 62.7 cm³/mol. The van der Waals surface area contributed by atoms with E-state index in [1.165, 1.54) is 5.56 Å². The van der Waals surface area contributed by atoms with Crippen LogP contribution in [0.15, 0.2) is 24.3 Å². The summed E-state index contributed by atoms with van der Waals surface area (Å²) >= 11 is 0.